The number of carbonyl (C=O) groups excluding carboxylic acids is 1. The van der Waals surface area contributed by atoms with Crippen LogP contribution in [0.2, 0.25) is 0 Å². The Bertz CT molecular complexity index is 623. The molecule has 0 aromatic heterocycles. The number of rotatable bonds is 3. The molecule has 4 heteroatoms. The fourth-order valence-electron chi connectivity index (χ4n) is 2.17. The van der Waals surface area contributed by atoms with Gasteiger partial charge in [-0.1, -0.05) is 60.7 Å². The number of amides is 1. The zero-order chi connectivity index (χ0) is 13.8. The van der Waals surface area contributed by atoms with Crippen molar-refractivity contribution in [1.29, 1.82) is 0 Å². The lowest BCUT2D eigenvalue weighted by atomic mass is 10.1. The Labute approximate surface area is 117 Å². The fourth-order valence-corrected chi connectivity index (χ4v) is 2.17. The standard InChI is InChI=1S/C16H15N3O/c20-16-14(11-12-7-3-1-4-8-12)17-15(18-19-16)13-9-5-2-6-10-13/h1-10,14H,11H2,(H,17,18)(H,19,20)/t14-/m0/s1. The maximum absolute atomic E-state index is 11.9. The predicted octanol–water partition coefficient (Wildman–Crippen LogP) is 1.68. The third-order valence-electron chi connectivity index (χ3n) is 3.21. The largest absolute Gasteiger partial charge is 0.282 e. The molecule has 0 spiro atoms. The van der Waals surface area contributed by atoms with Crippen LogP contribution in [0.5, 0.6) is 0 Å². The van der Waals surface area contributed by atoms with E-state index in [1.807, 2.05) is 60.7 Å². The highest BCUT2D eigenvalue weighted by molar-refractivity contribution is 6.03. The SMILES string of the molecule is O=C1NNC(c2ccccc2)=N[C@H]1Cc1ccccc1. The van der Waals surface area contributed by atoms with Crippen LogP contribution in [0.4, 0.5) is 0 Å². The molecule has 1 atom stereocenters. The van der Waals surface area contributed by atoms with Crippen LogP contribution in [-0.2, 0) is 11.2 Å². The van der Waals surface area contributed by atoms with Gasteiger partial charge in [0.25, 0.3) is 5.91 Å². The molecule has 1 heterocycles. The van der Waals surface area contributed by atoms with E-state index in [1.54, 1.807) is 0 Å². The maximum atomic E-state index is 11.9. The van der Waals surface area contributed by atoms with E-state index in [2.05, 4.69) is 15.8 Å². The van der Waals surface area contributed by atoms with Crippen LogP contribution < -0.4 is 10.9 Å². The first-order valence-corrected chi connectivity index (χ1v) is 6.56. The van der Waals surface area contributed by atoms with Crippen molar-refractivity contribution in [2.75, 3.05) is 0 Å². The van der Waals surface area contributed by atoms with Crippen molar-refractivity contribution in [3.8, 4) is 0 Å². The van der Waals surface area contributed by atoms with Crippen molar-refractivity contribution in [2.24, 2.45) is 4.99 Å². The summed E-state index contributed by atoms with van der Waals surface area (Å²) < 4.78 is 0. The van der Waals surface area contributed by atoms with E-state index in [0.29, 0.717) is 12.3 Å². The molecular formula is C16H15N3O. The molecule has 4 nitrogen and oxygen atoms in total. The summed E-state index contributed by atoms with van der Waals surface area (Å²) in [5.41, 5.74) is 7.60. The van der Waals surface area contributed by atoms with Crippen molar-refractivity contribution in [2.45, 2.75) is 12.5 Å². The zero-order valence-electron chi connectivity index (χ0n) is 10.9. The third kappa shape index (κ3) is 2.69. The fraction of sp³-hybridized carbons (Fsp3) is 0.125. The van der Waals surface area contributed by atoms with Gasteiger partial charge >= 0.3 is 0 Å². The van der Waals surface area contributed by atoms with E-state index >= 15 is 0 Å². The summed E-state index contributed by atoms with van der Waals surface area (Å²) >= 11 is 0. The molecular weight excluding hydrogens is 250 g/mol. The molecule has 0 bridgehead atoms. The van der Waals surface area contributed by atoms with Crippen molar-refractivity contribution in [3.63, 3.8) is 0 Å². The van der Waals surface area contributed by atoms with Gasteiger partial charge in [-0.15, -0.1) is 0 Å². The summed E-state index contributed by atoms with van der Waals surface area (Å²) in [6.07, 6.45) is 0.602. The molecule has 3 rings (SSSR count). The Kier molecular flexibility index (Phi) is 3.46. The summed E-state index contributed by atoms with van der Waals surface area (Å²) in [6, 6.07) is 19.3. The summed E-state index contributed by atoms with van der Waals surface area (Å²) in [4.78, 5) is 16.4. The number of amidine groups is 1. The van der Waals surface area contributed by atoms with E-state index in [9.17, 15) is 4.79 Å². The predicted molar refractivity (Wildman–Crippen MR) is 78.2 cm³/mol. The van der Waals surface area contributed by atoms with Gasteiger partial charge in [-0.3, -0.25) is 20.6 Å². The lowest BCUT2D eigenvalue weighted by molar-refractivity contribution is -0.123. The number of carbonyl (C=O) groups is 1. The minimum Gasteiger partial charge on any atom is -0.282 e. The molecule has 0 radical (unpaired) electrons. The Morgan fingerprint density at radius 3 is 2.25 bits per heavy atom. The average Bonchev–Trinajstić information content (AvgIpc) is 2.51. The molecule has 2 aromatic rings. The number of benzene rings is 2. The third-order valence-corrected chi connectivity index (χ3v) is 3.21. The van der Waals surface area contributed by atoms with Crippen molar-refractivity contribution in [3.05, 3.63) is 71.8 Å². The highest BCUT2D eigenvalue weighted by Crippen LogP contribution is 2.10. The van der Waals surface area contributed by atoms with Gasteiger partial charge in [0.15, 0.2) is 0 Å². The number of hydrogen-bond acceptors (Lipinski definition) is 3. The number of nitrogens with one attached hydrogen (secondary N) is 2. The van der Waals surface area contributed by atoms with Gasteiger partial charge < -0.3 is 0 Å². The number of aliphatic imine (C=N–C) groups is 1. The molecule has 1 aliphatic heterocycles. The van der Waals surface area contributed by atoms with Gasteiger partial charge in [0, 0.05) is 12.0 Å². The molecule has 0 saturated heterocycles. The van der Waals surface area contributed by atoms with Crippen LogP contribution in [0.1, 0.15) is 11.1 Å². The van der Waals surface area contributed by atoms with E-state index in [1.165, 1.54) is 0 Å². The second-order valence-corrected chi connectivity index (χ2v) is 4.66. The summed E-state index contributed by atoms with van der Waals surface area (Å²) in [5, 5.41) is 0. The van der Waals surface area contributed by atoms with Crippen LogP contribution in [0.15, 0.2) is 65.7 Å². The van der Waals surface area contributed by atoms with Crippen LogP contribution in [0, 0.1) is 0 Å². The molecule has 20 heavy (non-hydrogen) atoms. The molecule has 0 aliphatic carbocycles. The van der Waals surface area contributed by atoms with Gasteiger partial charge in [0.2, 0.25) is 0 Å². The van der Waals surface area contributed by atoms with Crippen molar-refractivity contribution >= 4 is 11.7 Å². The Morgan fingerprint density at radius 2 is 1.55 bits per heavy atom. The van der Waals surface area contributed by atoms with Crippen molar-refractivity contribution in [1.82, 2.24) is 10.9 Å². The van der Waals surface area contributed by atoms with Gasteiger partial charge in [-0.2, -0.15) is 0 Å². The summed E-state index contributed by atoms with van der Waals surface area (Å²) in [5.74, 6) is 0.597. The zero-order valence-corrected chi connectivity index (χ0v) is 10.9. The molecule has 0 fully saturated rings. The molecule has 1 aliphatic rings. The summed E-state index contributed by atoms with van der Waals surface area (Å²) in [6.45, 7) is 0. The van der Waals surface area contributed by atoms with Gasteiger partial charge in [-0.05, 0) is 5.56 Å². The topological polar surface area (TPSA) is 53.5 Å². The van der Waals surface area contributed by atoms with Crippen LogP contribution in [0.3, 0.4) is 0 Å². The van der Waals surface area contributed by atoms with E-state index in [4.69, 9.17) is 0 Å². The van der Waals surface area contributed by atoms with E-state index in [-0.39, 0.29) is 5.91 Å². The average molecular weight is 265 g/mol. The minimum atomic E-state index is -0.395. The molecule has 100 valence electrons. The monoisotopic (exact) mass is 265 g/mol. The maximum Gasteiger partial charge on any atom is 0.263 e. The molecule has 2 N–H and O–H groups in total. The smallest absolute Gasteiger partial charge is 0.263 e. The lowest BCUT2D eigenvalue weighted by Crippen LogP contribution is -2.52. The second-order valence-electron chi connectivity index (χ2n) is 4.66. The molecule has 0 saturated carbocycles. The quantitative estimate of drug-likeness (QED) is 0.887. The Morgan fingerprint density at radius 1 is 0.900 bits per heavy atom. The number of nitrogens with zero attached hydrogens (tertiary/aromatic N) is 1. The van der Waals surface area contributed by atoms with Gasteiger partial charge in [-0.25, -0.2) is 0 Å². The van der Waals surface area contributed by atoms with Gasteiger partial charge in [0.1, 0.15) is 11.9 Å². The molecule has 2 aromatic carbocycles. The highest BCUT2D eigenvalue weighted by atomic mass is 16.2. The minimum absolute atomic E-state index is 0.103. The Hall–Kier alpha value is -2.62. The molecule has 1 amide bonds. The Balaban J connectivity index is 1.84. The molecule has 0 unspecified atom stereocenters. The first-order chi connectivity index (χ1) is 9.83. The normalized spacial score (nSPS) is 17.9. The van der Waals surface area contributed by atoms with E-state index in [0.717, 1.165) is 11.1 Å². The lowest BCUT2D eigenvalue weighted by Gasteiger charge is -2.22. The second kappa shape index (κ2) is 5.57. The van der Waals surface area contributed by atoms with E-state index < -0.39 is 6.04 Å². The first-order valence-electron chi connectivity index (χ1n) is 6.56. The van der Waals surface area contributed by atoms with Crippen LogP contribution >= 0.6 is 0 Å². The first kappa shape index (κ1) is 12.4. The highest BCUT2D eigenvalue weighted by Gasteiger charge is 2.23. The summed E-state index contributed by atoms with van der Waals surface area (Å²) in [7, 11) is 0. The number of hydrogen-bond donors (Lipinski definition) is 2. The number of hydrazine groups is 1. The van der Waals surface area contributed by atoms with Gasteiger partial charge in [0.05, 0.1) is 0 Å². The van der Waals surface area contributed by atoms with Crippen LogP contribution in [-0.4, -0.2) is 17.8 Å². The van der Waals surface area contributed by atoms with Crippen LogP contribution in [0.25, 0.3) is 0 Å². The van der Waals surface area contributed by atoms with Crippen molar-refractivity contribution < 1.29 is 4.79 Å².